The third-order valence-corrected chi connectivity index (χ3v) is 4.20. The van der Waals surface area contributed by atoms with Crippen LogP contribution in [-0.2, 0) is 0 Å². The maximum atomic E-state index is 12.2. The molecule has 0 aromatic heterocycles. The number of rotatable bonds is 6. The lowest BCUT2D eigenvalue weighted by Gasteiger charge is -2.09. The number of Topliss-reactive ketones (excluding diaryl/α,β-unsaturated/α-hetero) is 1. The van der Waals surface area contributed by atoms with Gasteiger partial charge in [0.15, 0.2) is 5.78 Å². The van der Waals surface area contributed by atoms with Crippen molar-refractivity contribution in [2.24, 2.45) is 0 Å². The van der Waals surface area contributed by atoms with Gasteiger partial charge in [0.05, 0.1) is 11.9 Å². The molecule has 0 unspecified atom stereocenters. The van der Waals surface area contributed by atoms with Gasteiger partial charge in [-0.3, -0.25) is 4.79 Å². The SMILES string of the molecule is CC(C)Oc1ccc(C(=O)CSc2cccc(Br)c2)cc1. The van der Waals surface area contributed by atoms with Crippen molar-refractivity contribution < 1.29 is 9.53 Å². The summed E-state index contributed by atoms with van der Waals surface area (Å²) in [5, 5.41) is 0. The van der Waals surface area contributed by atoms with Gasteiger partial charge in [-0.2, -0.15) is 0 Å². The van der Waals surface area contributed by atoms with Crippen molar-refractivity contribution in [2.75, 3.05) is 5.75 Å². The van der Waals surface area contributed by atoms with Crippen LogP contribution in [0.4, 0.5) is 0 Å². The van der Waals surface area contributed by atoms with Crippen molar-refractivity contribution in [1.82, 2.24) is 0 Å². The molecule has 0 saturated heterocycles. The average molecular weight is 365 g/mol. The molecule has 0 heterocycles. The Morgan fingerprint density at radius 1 is 1.19 bits per heavy atom. The van der Waals surface area contributed by atoms with E-state index in [1.165, 1.54) is 0 Å². The number of carbonyl (C=O) groups excluding carboxylic acids is 1. The number of ketones is 1. The Morgan fingerprint density at radius 3 is 2.52 bits per heavy atom. The van der Waals surface area contributed by atoms with Crippen molar-refractivity contribution in [3.8, 4) is 5.75 Å². The second kappa shape index (κ2) is 7.66. The minimum Gasteiger partial charge on any atom is -0.491 e. The fourth-order valence-electron chi connectivity index (χ4n) is 1.78. The van der Waals surface area contributed by atoms with E-state index in [1.54, 1.807) is 11.8 Å². The van der Waals surface area contributed by atoms with E-state index < -0.39 is 0 Å². The van der Waals surface area contributed by atoms with Crippen LogP contribution >= 0.6 is 27.7 Å². The number of benzene rings is 2. The minimum absolute atomic E-state index is 0.121. The fraction of sp³-hybridized carbons (Fsp3) is 0.235. The zero-order valence-electron chi connectivity index (χ0n) is 12.0. The Labute approximate surface area is 138 Å². The molecular weight excluding hydrogens is 348 g/mol. The topological polar surface area (TPSA) is 26.3 Å². The molecule has 2 rings (SSSR count). The smallest absolute Gasteiger partial charge is 0.173 e. The number of thioether (sulfide) groups is 1. The lowest BCUT2D eigenvalue weighted by atomic mass is 10.1. The third-order valence-electron chi connectivity index (χ3n) is 2.71. The van der Waals surface area contributed by atoms with Crippen LogP contribution in [0.2, 0.25) is 0 Å². The van der Waals surface area contributed by atoms with E-state index in [9.17, 15) is 4.79 Å². The van der Waals surface area contributed by atoms with Gasteiger partial charge in [0, 0.05) is 14.9 Å². The summed E-state index contributed by atoms with van der Waals surface area (Å²) in [4.78, 5) is 13.2. The minimum atomic E-state index is 0.121. The van der Waals surface area contributed by atoms with Crippen LogP contribution in [0, 0.1) is 0 Å². The summed E-state index contributed by atoms with van der Waals surface area (Å²) in [6.45, 7) is 3.96. The number of halogens is 1. The molecule has 4 heteroatoms. The molecule has 0 aliphatic heterocycles. The molecule has 2 nitrogen and oxygen atoms in total. The summed E-state index contributed by atoms with van der Waals surface area (Å²) in [5.74, 6) is 1.35. The molecule has 0 amide bonds. The summed E-state index contributed by atoms with van der Waals surface area (Å²) < 4.78 is 6.59. The van der Waals surface area contributed by atoms with Gasteiger partial charge in [-0.05, 0) is 56.3 Å². The van der Waals surface area contributed by atoms with Crippen LogP contribution in [0.5, 0.6) is 5.75 Å². The van der Waals surface area contributed by atoms with Crippen molar-refractivity contribution >= 4 is 33.5 Å². The van der Waals surface area contributed by atoms with Crippen molar-refractivity contribution in [3.05, 3.63) is 58.6 Å². The first kappa shape index (κ1) is 16.1. The molecule has 0 aliphatic carbocycles. The Balaban J connectivity index is 1.94. The zero-order chi connectivity index (χ0) is 15.2. The lowest BCUT2D eigenvalue weighted by molar-refractivity contribution is 0.102. The van der Waals surface area contributed by atoms with Gasteiger partial charge in [-0.25, -0.2) is 0 Å². The lowest BCUT2D eigenvalue weighted by Crippen LogP contribution is -2.06. The van der Waals surface area contributed by atoms with Gasteiger partial charge < -0.3 is 4.74 Å². The van der Waals surface area contributed by atoms with Gasteiger partial charge >= 0.3 is 0 Å². The summed E-state index contributed by atoms with van der Waals surface area (Å²) in [5.41, 5.74) is 0.716. The number of hydrogen-bond acceptors (Lipinski definition) is 3. The fourth-order valence-corrected chi connectivity index (χ4v) is 3.18. The molecule has 0 radical (unpaired) electrons. The van der Waals surface area contributed by atoms with E-state index >= 15 is 0 Å². The standard InChI is InChI=1S/C17H17BrO2S/c1-12(2)20-15-8-6-13(7-9-15)17(19)11-21-16-5-3-4-14(18)10-16/h3-10,12H,11H2,1-2H3. The molecule has 0 bridgehead atoms. The number of carbonyl (C=O) groups is 1. The van der Waals surface area contributed by atoms with Crippen molar-refractivity contribution in [2.45, 2.75) is 24.8 Å². The first-order chi connectivity index (χ1) is 10.0. The first-order valence-electron chi connectivity index (χ1n) is 6.73. The first-order valence-corrected chi connectivity index (χ1v) is 8.51. The molecule has 0 N–H and O–H groups in total. The number of hydrogen-bond donors (Lipinski definition) is 0. The molecule has 110 valence electrons. The summed E-state index contributed by atoms with van der Waals surface area (Å²) in [7, 11) is 0. The zero-order valence-corrected chi connectivity index (χ0v) is 14.4. The van der Waals surface area contributed by atoms with Crippen LogP contribution in [0.15, 0.2) is 57.9 Å². The van der Waals surface area contributed by atoms with E-state index in [-0.39, 0.29) is 11.9 Å². The van der Waals surface area contributed by atoms with E-state index in [0.717, 1.165) is 15.1 Å². The van der Waals surface area contributed by atoms with E-state index in [0.29, 0.717) is 11.3 Å². The predicted molar refractivity (Wildman–Crippen MR) is 91.4 cm³/mol. The Kier molecular flexibility index (Phi) is 5.88. The van der Waals surface area contributed by atoms with Crippen LogP contribution in [-0.4, -0.2) is 17.6 Å². The average Bonchev–Trinajstić information content (AvgIpc) is 2.45. The van der Waals surface area contributed by atoms with Crippen LogP contribution in [0.1, 0.15) is 24.2 Å². The highest BCUT2D eigenvalue weighted by atomic mass is 79.9. The largest absolute Gasteiger partial charge is 0.491 e. The number of ether oxygens (including phenoxy) is 1. The van der Waals surface area contributed by atoms with Gasteiger partial charge in [0.2, 0.25) is 0 Å². The van der Waals surface area contributed by atoms with E-state index in [4.69, 9.17) is 4.74 Å². The second-order valence-electron chi connectivity index (χ2n) is 4.86. The molecule has 0 aliphatic rings. The highest BCUT2D eigenvalue weighted by Crippen LogP contribution is 2.23. The maximum Gasteiger partial charge on any atom is 0.173 e. The normalized spacial score (nSPS) is 10.7. The predicted octanol–water partition coefficient (Wildman–Crippen LogP) is 5.21. The molecular formula is C17H17BrO2S. The monoisotopic (exact) mass is 364 g/mol. The van der Waals surface area contributed by atoms with Crippen LogP contribution < -0.4 is 4.74 Å². The van der Waals surface area contributed by atoms with Crippen LogP contribution in [0.25, 0.3) is 0 Å². The van der Waals surface area contributed by atoms with E-state index in [2.05, 4.69) is 15.9 Å². The van der Waals surface area contributed by atoms with Gasteiger partial charge in [-0.15, -0.1) is 11.8 Å². The molecule has 0 fully saturated rings. The highest BCUT2D eigenvalue weighted by Gasteiger charge is 2.07. The Hall–Kier alpha value is -1.26. The third kappa shape index (κ3) is 5.21. The molecule has 0 atom stereocenters. The summed E-state index contributed by atoms with van der Waals surface area (Å²) in [6.07, 6.45) is 0.138. The molecule has 0 saturated carbocycles. The highest BCUT2D eigenvalue weighted by molar-refractivity contribution is 9.10. The maximum absolute atomic E-state index is 12.2. The van der Waals surface area contributed by atoms with Crippen LogP contribution in [0.3, 0.4) is 0 Å². The van der Waals surface area contributed by atoms with Crippen molar-refractivity contribution in [3.63, 3.8) is 0 Å². The van der Waals surface area contributed by atoms with Crippen molar-refractivity contribution in [1.29, 1.82) is 0 Å². The Bertz CT molecular complexity index is 608. The second-order valence-corrected chi connectivity index (χ2v) is 6.82. The summed E-state index contributed by atoms with van der Waals surface area (Å²) in [6, 6.07) is 15.3. The molecule has 2 aromatic rings. The quantitative estimate of drug-likeness (QED) is 0.519. The summed E-state index contributed by atoms with van der Waals surface area (Å²) >= 11 is 4.97. The van der Waals surface area contributed by atoms with Gasteiger partial charge in [0.1, 0.15) is 5.75 Å². The van der Waals surface area contributed by atoms with Gasteiger partial charge in [-0.1, -0.05) is 22.0 Å². The molecule has 21 heavy (non-hydrogen) atoms. The van der Waals surface area contributed by atoms with Gasteiger partial charge in [0.25, 0.3) is 0 Å². The molecule has 0 spiro atoms. The van der Waals surface area contributed by atoms with E-state index in [1.807, 2.05) is 62.4 Å². The Morgan fingerprint density at radius 2 is 1.90 bits per heavy atom. The molecule has 2 aromatic carbocycles.